The zero-order chi connectivity index (χ0) is 14.4. The van der Waals surface area contributed by atoms with E-state index in [9.17, 15) is 8.78 Å². The lowest BCUT2D eigenvalue weighted by Gasteiger charge is -2.18. The molecule has 2 aromatic carbocycles. The fourth-order valence-electron chi connectivity index (χ4n) is 2.22. The number of amidine groups is 1. The van der Waals surface area contributed by atoms with E-state index in [1.165, 1.54) is 24.3 Å². The first-order chi connectivity index (χ1) is 9.47. The minimum Gasteiger partial charge on any atom is -0.322 e. The molecule has 0 aliphatic carbocycles. The van der Waals surface area contributed by atoms with Crippen LogP contribution in [0.5, 0.6) is 0 Å². The van der Waals surface area contributed by atoms with E-state index in [-0.39, 0.29) is 15.9 Å². The molecule has 0 amide bonds. The van der Waals surface area contributed by atoms with Crippen molar-refractivity contribution in [2.75, 3.05) is 4.90 Å². The summed E-state index contributed by atoms with van der Waals surface area (Å²) in [6, 6.07) is 7.09. The highest BCUT2D eigenvalue weighted by Crippen LogP contribution is 2.34. The summed E-state index contributed by atoms with van der Waals surface area (Å²) >= 11 is 11.5. The Balaban J connectivity index is 2.04. The second-order valence-corrected chi connectivity index (χ2v) is 5.27. The molecule has 0 saturated carbocycles. The Hall–Kier alpha value is -1.65. The number of anilines is 1. The molecule has 0 bridgehead atoms. The summed E-state index contributed by atoms with van der Waals surface area (Å²) in [6.07, 6.45) is 0. The molecule has 20 heavy (non-hydrogen) atoms. The molecule has 1 aliphatic rings. The Morgan fingerprint density at radius 2 is 1.70 bits per heavy atom. The standard InChI is InChI=1S/C14H8Cl2F2N2/c15-11-4-9(5-12(16)13(11)18)20-6-7-1-2-8(17)3-10(7)14(20)19/h1-5,19H,6H2. The van der Waals surface area contributed by atoms with Crippen LogP contribution in [-0.2, 0) is 6.54 Å². The smallest absolute Gasteiger partial charge is 0.160 e. The first-order valence-corrected chi connectivity index (χ1v) is 6.52. The molecule has 102 valence electrons. The van der Waals surface area contributed by atoms with Gasteiger partial charge in [-0.15, -0.1) is 0 Å². The fourth-order valence-corrected chi connectivity index (χ4v) is 2.70. The highest BCUT2D eigenvalue weighted by atomic mass is 35.5. The van der Waals surface area contributed by atoms with E-state index in [2.05, 4.69) is 0 Å². The Morgan fingerprint density at radius 3 is 2.35 bits per heavy atom. The molecule has 0 spiro atoms. The summed E-state index contributed by atoms with van der Waals surface area (Å²) < 4.78 is 26.7. The first-order valence-electron chi connectivity index (χ1n) is 5.77. The van der Waals surface area contributed by atoms with Crippen molar-refractivity contribution in [1.29, 1.82) is 5.41 Å². The van der Waals surface area contributed by atoms with Crippen LogP contribution in [0.2, 0.25) is 10.0 Å². The zero-order valence-electron chi connectivity index (χ0n) is 10.1. The number of nitrogens with one attached hydrogen (secondary N) is 1. The van der Waals surface area contributed by atoms with Crippen molar-refractivity contribution in [2.24, 2.45) is 0 Å². The van der Waals surface area contributed by atoms with Gasteiger partial charge in [-0.3, -0.25) is 5.41 Å². The summed E-state index contributed by atoms with van der Waals surface area (Å²) in [4.78, 5) is 1.60. The van der Waals surface area contributed by atoms with E-state index in [0.717, 1.165) is 5.56 Å². The van der Waals surface area contributed by atoms with Gasteiger partial charge in [-0.2, -0.15) is 0 Å². The van der Waals surface area contributed by atoms with Crippen molar-refractivity contribution in [3.63, 3.8) is 0 Å². The number of halogens is 4. The third kappa shape index (κ3) is 2.05. The second-order valence-electron chi connectivity index (χ2n) is 4.46. The van der Waals surface area contributed by atoms with Gasteiger partial charge in [0.25, 0.3) is 0 Å². The third-order valence-electron chi connectivity index (χ3n) is 3.21. The molecule has 2 nitrogen and oxygen atoms in total. The van der Waals surface area contributed by atoms with Crippen LogP contribution in [0.25, 0.3) is 0 Å². The van der Waals surface area contributed by atoms with Crippen LogP contribution in [0.15, 0.2) is 30.3 Å². The zero-order valence-corrected chi connectivity index (χ0v) is 11.6. The first kappa shape index (κ1) is 13.3. The maximum absolute atomic E-state index is 13.4. The lowest BCUT2D eigenvalue weighted by Crippen LogP contribution is -2.23. The predicted octanol–water partition coefficient (Wildman–Crippen LogP) is 4.62. The summed E-state index contributed by atoms with van der Waals surface area (Å²) in [5.74, 6) is -0.949. The van der Waals surface area contributed by atoms with Crippen LogP contribution in [0.1, 0.15) is 11.1 Å². The number of fused-ring (bicyclic) bond motifs is 1. The van der Waals surface area contributed by atoms with Crippen LogP contribution < -0.4 is 4.90 Å². The van der Waals surface area contributed by atoms with E-state index in [0.29, 0.717) is 17.8 Å². The van der Waals surface area contributed by atoms with Gasteiger partial charge in [0.05, 0.1) is 16.6 Å². The number of hydrogen-bond acceptors (Lipinski definition) is 1. The fraction of sp³-hybridized carbons (Fsp3) is 0.0714. The van der Waals surface area contributed by atoms with Crippen LogP contribution in [0, 0.1) is 17.0 Å². The van der Waals surface area contributed by atoms with Gasteiger partial charge in [0.2, 0.25) is 0 Å². The average molecular weight is 313 g/mol. The van der Waals surface area contributed by atoms with Gasteiger partial charge in [-0.1, -0.05) is 29.3 Å². The molecule has 0 aromatic heterocycles. The summed E-state index contributed by atoms with van der Waals surface area (Å²) in [5, 5.41) is 7.88. The van der Waals surface area contributed by atoms with Gasteiger partial charge in [-0.25, -0.2) is 8.78 Å². The SMILES string of the molecule is N=C1c2cc(F)ccc2CN1c1cc(Cl)c(F)c(Cl)c1. The van der Waals surface area contributed by atoms with Gasteiger partial charge in [0.15, 0.2) is 5.82 Å². The second kappa shape index (κ2) is 4.72. The molecule has 0 fully saturated rings. The van der Waals surface area contributed by atoms with E-state index < -0.39 is 11.6 Å². The normalized spacial score (nSPS) is 13.8. The molecule has 0 radical (unpaired) electrons. The van der Waals surface area contributed by atoms with Crippen molar-refractivity contribution in [1.82, 2.24) is 0 Å². The van der Waals surface area contributed by atoms with Crippen molar-refractivity contribution in [3.8, 4) is 0 Å². The van der Waals surface area contributed by atoms with Crippen molar-refractivity contribution < 1.29 is 8.78 Å². The van der Waals surface area contributed by atoms with Crippen LogP contribution >= 0.6 is 23.2 Å². The topological polar surface area (TPSA) is 27.1 Å². The van der Waals surface area contributed by atoms with E-state index in [1.807, 2.05) is 0 Å². The lowest BCUT2D eigenvalue weighted by atomic mass is 10.1. The van der Waals surface area contributed by atoms with Crippen LogP contribution in [0.4, 0.5) is 14.5 Å². The highest BCUT2D eigenvalue weighted by molar-refractivity contribution is 6.35. The summed E-state index contributed by atoms with van der Waals surface area (Å²) in [7, 11) is 0. The highest BCUT2D eigenvalue weighted by Gasteiger charge is 2.26. The third-order valence-corrected chi connectivity index (χ3v) is 3.76. The number of hydrogen-bond donors (Lipinski definition) is 1. The van der Waals surface area contributed by atoms with Crippen molar-refractivity contribution in [3.05, 3.63) is 63.1 Å². The van der Waals surface area contributed by atoms with Gasteiger partial charge in [0, 0.05) is 11.3 Å². The molecule has 2 aromatic rings. The quantitative estimate of drug-likeness (QED) is 0.764. The van der Waals surface area contributed by atoms with E-state index in [1.54, 1.807) is 11.0 Å². The van der Waals surface area contributed by atoms with Crippen LogP contribution in [0.3, 0.4) is 0 Å². The predicted molar refractivity (Wildman–Crippen MR) is 75.8 cm³/mol. The Morgan fingerprint density at radius 1 is 1.05 bits per heavy atom. The van der Waals surface area contributed by atoms with Gasteiger partial charge < -0.3 is 4.90 Å². The molecule has 1 N–H and O–H groups in total. The summed E-state index contributed by atoms with van der Waals surface area (Å²) in [6.45, 7) is 0.396. The van der Waals surface area contributed by atoms with E-state index >= 15 is 0 Å². The maximum Gasteiger partial charge on any atom is 0.160 e. The molecule has 0 unspecified atom stereocenters. The molecular weight excluding hydrogens is 305 g/mol. The number of rotatable bonds is 1. The van der Waals surface area contributed by atoms with Crippen molar-refractivity contribution >= 4 is 34.7 Å². The monoisotopic (exact) mass is 312 g/mol. The Kier molecular flexibility index (Phi) is 3.15. The van der Waals surface area contributed by atoms with Gasteiger partial charge >= 0.3 is 0 Å². The minimum absolute atomic E-state index is 0.109. The molecular formula is C14H8Cl2F2N2. The average Bonchev–Trinajstić information content (AvgIpc) is 2.73. The molecule has 0 saturated heterocycles. The molecule has 1 aliphatic heterocycles. The van der Waals surface area contributed by atoms with Gasteiger partial charge in [-0.05, 0) is 29.8 Å². The van der Waals surface area contributed by atoms with E-state index in [4.69, 9.17) is 28.6 Å². The van der Waals surface area contributed by atoms with Crippen molar-refractivity contribution in [2.45, 2.75) is 6.54 Å². The maximum atomic E-state index is 13.4. The van der Waals surface area contributed by atoms with Gasteiger partial charge in [0.1, 0.15) is 11.7 Å². The Labute approximate surface area is 124 Å². The minimum atomic E-state index is -0.689. The molecule has 3 rings (SSSR count). The Bertz CT molecular complexity index is 708. The number of nitrogens with zero attached hydrogens (tertiary/aromatic N) is 1. The molecule has 1 heterocycles. The summed E-state index contributed by atoms with van der Waals surface area (Å²) in [5.41, 5.74) is 1.84. The molecule has 0 atom stereocenters. The largest absolute Gasteiger partial charge is 0.322 e. The number of benzene rings is 2. The lowest BCUT2D eigenvalue weighted by molar-refractivity contribution is 0.627. The molecule has 6 heteroatoms. The van der Waals surface area contributed by atoms with Crippen LogP contribution in [-0.4, -0.2) is 5.84 Å².